The first-order valence-electron chi connectivity index (χ1n) is 6.14. The largest absolute Gasteiger partial charge is 0.324 e. The van der Waals surface area contributed by atoms with Gasteiger partial charge in [-0.3, -0.25) is 14.9 Å². The summed E-state index contributed by atoms with van der Waals surface area (Å²) in [7, 11) is 0. The van der Waals surface area contributed by atoms with Gasteiger partial charge in [0.1, 0.15) is 11.2 Å². The molecule has 7 heteroatoms. The molecule has 1 N–H and O–H groups in total. The molecule has 1 amide bonds. The van der Waals surface area contributed by atoms with Crippen molar-refractivity contribution in [3.63, 3.8) is 0 Å². The normalized spacial score (nSPS) is 16.4. The number of non-ortho nitro benzene ring substituents is 1. The fraction of sp³-hybridized carbons (Fsp3) is 0.385. The summed E-state index contributed by atoms with van der Waals surface area (Å²) >= 11 is 0. The van der Waals surface area contributed by atoms with E-state index in [-0.39, 0.29) is 5.69 Å². The molecule has 0 heterocycles. The molecule has 1 fully saturated rings. The van der Waals surface area contributed by atoms with Crippen molar-refractivity contribution in [3.05, 3.63) is 34.1 Å². The lowest BCUT2D eigenvalue weighted by atomic mass is 9.87. The van der Waals surface area contributed by atoms with E-state index in [9.17, 15) is 19.3 Å². The molecule has 20 heavy (non-hydrogen) atoms. The van der Waals surface area contributed by atoms with Crippen molar-refractivity contribution in [1.29, 1.82) is 5.26 Å². The van der Waals surface area contributed by atoms with Gasteiger partial charge in [-0.15, -0.1) is 0 Å². The Labute approximate surface area is 114 Å². The monoisotopic (exact) mass is 277 g/mol. The van der Waals surface area contributed by atoms with Crippen LogP contribution in [0.4, 0.5) is 15.8 Å². The Hall–Kier alpha value is -2.49. The van der Waals surface area contributed by atoms with Crippen molar-refractivity contribution in [2.45, 2.75) is 25.7 Å². The average molecular weight is 277 g/mol. The van der Waals surface area contributed by atoms with Crippen LogP contribution in [-0.2, 0) is 4.79 Å². The van der Waals surface area contributed by atoms with Crippen LogP contribution in [0, 0.1) is 32.7 Å². The minimum absolute atomic E-state index is 0.0109. The van der Waals surface area contributed by atoms with Crippen molar-refractivity contribution in [3.8, 4) is 6.07 Å². The lowest BCUT2D eigenvalue weighted by molar-refractivity contribution is -0.385. The van der Waals surface area contributed by atoms with Crippen molar-refractivity contribution >= 4 is 17.3 Å². The van der Waals surface area contributed by atoms with Crippen LogP contribution in [0.3, 0.4) is 0 Å². The molecule has 2 rings (SSSR count). The van der Waals surface area contributed by atoms with Crippen molar-refractivity contribution in [2.24, 2.45) is 5.41 Å². The van der Waals surface area contributed by atoms with E-state index in [4.69, 9.17) is 5.26 Å². The Morgan fingerprint density at radius 1 is 1.40 bits per heavy atom. The van der Waals surface area contributed by atoms with Gasteiger partial charge in [-0.05, 0) is 18.9 Å². The molecule has 0 spiro atoms. The minimum atomic E-state index is -1.11. The molecule has 0 unspecified atom stereocenters. The number of carbonyl (C=O) groups is 1. The fourth-order valence-electron chi connectivity index (χ4n) is 2.37. The Bertz CT molecular complexity index is 603. The SMILES string of the molecule is N#CC1(C(=O)Nc2cc(F)cc([N+](=O)[O-])c2)CCCC1. The summed E-state index contributed by atoms with van der Waals surface area (Å²) in [5.74, 6) is -1.34. The van der Waals surface area contributed by atoms with E-state index in [0.717, 1.165) is 31.0 Å². The molecule has 1 aromatic rings. The summed E-state index contributed by atoms with van der Waals surface area (Å²) < 4.78 is 13.3. The van der Waals surface area contributed by atoms with Crippen LogP contribution in [0.2, 0.25) is 0 Å². The van der Waals surface area contributed by atoms with Gasteiger partial charge in [-0.1, -0.05) is 12.8 Å². The summed E-state index contributed by atoms with van der Waals surface area (Å²) in [5, 5.41) is 22.2. The maximum atomic E-state index is 13.3. The number of carbonyl (C=O) groups excluding carboxylic acids is 1. The zero-order valence-electron chi connectivity index (χ0n) is 10.6. The van der Waals surface area contributed by atoms with Gasteiger partial charge in [0.15, 0.2) is 0 Å². The Kier molecular flexibility index (Phi) is 3.66. The van der Waals surface area contributed by atoms with E-state index in [1.54, 1.807) is 0 Å². The summed E-state index contributed by atoms with van der Waals surface area (Å²) in [6.07, 6.45) is 2.47. The number of nitriles is 1. The van der Waals surface area contributed by atoms with Gasteiger partial charge < -0.3 is 5.32 Å². The molecule has 1 aliphatic carbocycles. The third-order valence-corrected chi connectivity index (χ3v) is 3.46. The first kappa shape index (κ1) is 13.9. The van der Waals surface area contributed by atoms with Gasteiger partial charge in [0.25, 0.3) is 5.69 Å². The van der Waals surface area contributed by atoms with E-state index in [1.807, 2.05) is 6.07 Å². The van der Waals surface area contributed by atoms with Crippen LogP contribution >= 0.6 is 0 Å². The Morgan fingerprint density at radius 3 is 2.60 bits per heavy atom. The number of hydrogen-bond donors (Lipinski definition) is 1. The smallest absolute Gasteiger partial charge is 0.274 e. The van der Waals surface area contributed by atoms with Gasteiger partial charge in [0, 0.05) is 6.07 Å². The van der Waals surface area contributed by atoms with Crippen LogP contribution in [-0.4, -0.2) is 10.8 Å². The van der Waals surface area contributed by atoms with Crippen molar-refractivity contribution < 1.29 is 14.1 Å². The third kappa shape index (κ3) is 2.59. The maximum absolute atomic E-state index is 13.3. The lowest BCUT2D eigenvalue weighted by Crippen LogP contribution is -2.32. The summed E-state index contributed by atoms with van der Waals surface area (Å²) in [5.41, 5.74) is -1.57. The second kappa shape index (κ2) is 5.25. The maximum Gasteiger partial charge on any atom is 0.274 e. The number of nitrogens with zero attached hydrogens (tertiary/aromatic N) is 2. The predicted molar refractivity (Wildman–Crippen MR) is 68.2 cm³/mol. The molecular formula is C13H12FN3O3. The number of nitrogens with one attached hydrogen (secondary N) is 1. The van der Waals surface area contributed by atoms with Crippen LogP contribution in [0.5, 0.6) is 0 Å². The fourth-order valence-corrected chi connectivity index (χ4v) is 2.37. The summed E-state index contributed by atoms with van der Waals surface area (Å²) in [6.45, 7) is 0. The van der Waals surface area contributed by atoms with Crippen LogP contribution in [0.25, 0.3) is 0 Å². The highest BCUT2D eigenvalue weighted by molar-refractivity contribution is 5.97. The van der Waals surface area contributed by atoms with Crippen LogP contribution in [0.1, 0.15) is 25.7 Å². The molecule has 0 radical (unpaired) electrons. The third-order valence-electron chi connectivity index (χ3n) is 3.46. The Morgan fingerprint density at radius 2 is 2.05 bits per heavy atom. The van der Waals surface area contributed by atoms with Gasteiger partial charge >= 0.3 is 0 Å². The zero-order valence-corrected chi connectivity index (χ0v) is 10.6. The highest BCUT2D eigenvalue weighted by atomic mass is 19.1. The summed E-state index contributed by atoms with van der Waals surface area (Å²) in [4.78, 5) is 22.0. The van der Waals surface area contributed by atoms with Crippen molar-refractivity contribution in [1.82, 2.24) is 0 Å². The number of nitro benzene ring substituents is 1. The number of rotatable bonds is 3. The number of anilines is 1. The molecule has 104 valence electrons. The first-order valence-corrected chi connectivity index (χ1v) is 6.14. The van der Waals surface area contributed by atoms with Crippen LogP contribution < -0.4 is 5.32 Å². The van der Waals surface area contributed by atoms with E-state index in [1.165, 1.54) is 0 Å². The molecule has 0 atom stereocenters. The second-order valence-corrected chi connectivity index (χ2v) is 4.81. The van der Waals surface area contributed by atoms with Gasteiger partial charge in [-0.2, -0.15) is 5.26 Å². The van der Waals surface area contributed by atoms with E-state index >= 15 is 0 Å². The molecule has 1 aliphatic rings. The molecule has 1 saturated carbocycles. The molecule has 0 saturated heterocycles. The quantitative estimate of drug-likeness (QED) is 0.678. The average Bonchev–Trinajstić information content (AvgIpc) is 2.88. The molecule has 0 aliphatic heterocycles. The van der Waals surface area contributed by atoms with E-state index in [2.05, 4.69) is 5.32 Å². The number of amides is 1. The van der Waals surface area contributed by atoms with Crippen molar-refractivity contribution in [2.75, 3.05) is 5.32 Å². The molecule has 1 aromatic carbocycles. The highest BCUT2D eigenvalue weighted by Gasteiger charge is 2.41. The van der Waals surface area contributed by atoms with E-state index in [0.29, 0.717) is 12.8 Å². The molecular weight excluding hydrogens is 265 g/mol. The number of nitro groups is 1. The molecule has 0 aromatic heterocycles. The zero-order chi connectivity index (χ0) is 14.8. The van der Waals surface area contributed by atoms with Crippen LogP contribution in [0.15, 0.2) is 18.2 Å². The topological polar surface area (TPSA) is 96.0 Å². The van der Waals surface area contributed by atoms with Gasteiger partial charge in [-0.25, -0.2) is 4.39 Å². The minimum Gasteiger partial charge on any atom is -0.324 e. The van der Waals surface area contributed by atoms with Gasteiger partial charge in [0.2, 0.25) is 5.91 Å². The van der Waals surface area contributed by atoms with Gasteiger partial charge in [0.05, 0.1) is 22.7 Å². The standard InChI is InChI=1S/C13H12FN3O3/c14-9-5-10(7-11(6-9)17(19)20)16-12(18)13(8-15)3-1-2-4-13/h5-7H,1-4H2,(H,16,18). The Balaban J connectivity index is 2.24. The number of benzene rings is 1. The number of halogens is 1. The number of hydrogen-bond acceptors (Lipinski definition) is 4. The summed E-state index contributed by atoms with van der Waals surface area (Å²) in [6, 6.07) is 4.84. The molecule has 6 nitrogen and oxygen atoms in total. The van der Waals surface area contributed by atoms with E-state index < -0.39 is 27.8 Å². The second-order valence-electron chi connectivity index (χ2n) is 4.81. The predicted octanol–water partition coefficient (Wildman–Crippen LogP) is 2.76. The first-order chi connectivity index (χ1) is 9.47. The highest BCUT2D eigenvalue weighted by Crippen LogP contribution is 2.38. The molecule has 0 bridgehead atoms. The lowest BCUT2D eigenvalue weighted by Gasteiger charge is -2.19.